The van der Waals surface area contributed by atoms with Gasteiger partial charge in [-0.25, -0.2) is 15.0 Å². The number of aldehydes is 1. The van der Waals surface area contributed by atoms with Crippen molar-refractivity contribution in [2.24, 2.45) is 0 Å². The minimum atomic E-state index is -5.43. The predicted molar refractivity (Wildman–Crippen MR) is 99.4 cm³/mol. The number of hydrogen-bond acceptors (Lipinski definition) is 13. The van der Waals surface area contributed by atoms with Crippen molar-refractivity contribution in [3.05, 3.63) is 33.6 Å². The second-order valence-electron chi connectivity index (χ2n) is 6.89. The number of aryl methyl sites for hydroxylation is 1. The van der Waals surface area contributed by atoms with Gasteiger partial charge in [-0.3, -0.25) is 9.59 Å². The molecule has 0 amide bonds. The summed E-state index contributed by atoms with van der Waals surface area (Å²) in [7, 11) is -5.43. The first-order valence-corrected chi connectivity index (χ1v) is 10.4. The summed E-state index contributed by atoms with van der Waals surface area (Å²) in [4.78, 5) is 55.6. The Morgan fingerprint density at radius 2 is 1.88 bits per heavy atom. The molecule has 3 N–H and O–H groups in total. The standard InChI is InChI=1S/C17H19N4O10P/c1-7-2-9-10(3-8(7)5-22)21(15-13(18-9)16(26)20-17(27)19-15)4-11(23)14(25)12(24)6-31-32(28,29)30/h2-3,5,11-12,14,23-25H,4,6H2,1H3,(H,20,26,27)(H2,28,29,30)/p-3/t11-,12+,14-/m0/s1. The number of aliphatic hydroxyl groups is 3. The Bertz CT molecular complexity index is 1240. The van der Waals surface area contributed by atoms with Crippen LogP contribution in [0.15, 0.2) is 16.9 Å². The third-order valence-corrected chi connectivity index (χ3v) is 5.11. The smallest absolute Gasteiger partial charge is 0.300 e. The van der Waals surface area contributed by atoms with Gasteiger partial charge in [-0.2, -0.15) is 0 Å². The molecule has 0 radical (unpaired) electrons. The van der Waals surface area contributed by atoms with Crippen LogP contribution in [0.5, 0.6) is 6.01 Å². The van der Waals surface area contributed by atoms with Gasteiger partial charge < -0.3 is 43.9 Å². The largest absolute Gasteiger partial charge is 0.844 e. The van der Waals surface area contributed by atoms with E-state index in [9.17, 15) is 44.4 Å². The van der Waals surface area contributed by atoms with E-state index in [1.807, 2.05) is 0 Å². The SMILES string of the molecule is Cc1cc2nc3c(=O)nc([O-])nc-3n(C[C@H](O)[C@H](O)[C@H](O)COP(=O)([O-])[O-])c2cc1C=O. The summed E-state index contributed by atoms with van der Waals surface area (Å²) < 4.78 is 15.6. The number of aromatic nitrogens is 4. The van der Waals surface area contributed by atoms with Gasteiger partial charge in [-0.1, -0.05) is 0 Å². The van der Waals surface area contributed by atoms with Gasteiger partial charge in [0, 0.05) is 5.56 Å². The molecule has 0 aliphatic carbocycles. The molecule has 0 spiro atoms. The van der Waals surface area contributed by atoms with Crippen LogP contribution >= 0.6 is 7.82 Å². The summed E-state index contributed by atoms with van der Waals surface area (Å²) in [6.45, 7) is -0.0804. The molecular formula is C17H16N4O10P-3. The topological polar surface area (TPSA) is 234 Å². The third-order valence-electron chi connectivity index (χ3n) is 4.64. The van der Waals surface area contributed by atoms with Crippen LogP contribution in [-0.4, -0.2) is 66.0 Å². The molecule has 0 unspecified atom stereocenters. The molecular weight excluding hydrogens is 451 g/mol. The number of aliphatic hydroxyl groups excluding tert-OH is 3. The Morgan fingerprint density at radius 1 is 1.19 bits per heavy atom. The third kappa shape index (κ3) is 4.97. The second-order valence-corrected chi connectivity index (χ2v) is 8.04. The van der Waals surface area contributed by atoms with Crippen molar-refractivity contribution in [3.8, 4) is 17.5 Å². The van der Waals surface area contributed by atoms with Crippen molar-refractivity contribution in [2.45, 2.75) is 31.8 Å². The Kier molecular flexibility index (Phi) is 6.67. The van der Waals surface area contributed by atoms with Crippen molar-refractivity contribution in [1.82, 2.24) is 19.5 Å². The second kappa shape index (κ2) is 8.96. The summed E-state index contributed by atoms with van der Waals surface area (Å²) >= 11 is 0. The Labute approximate surface area is 179 Å². The molecule has 1 aromatic rings. The van der Waals surface area contributed by atoms with E-state index in [1.165, 1.54) is 12.1 Å². The van der Waals surface area contributed by atoms with Crippen LogP contribution in [0.2, 0.25) is 0 Å². The summed E-state index contributed by atoms with van der Waals surface area (Å²) in [5.74, 6) is -0.302. The number of hydrogen-bond donors (Lipinski definition) is 3. The predicted octanol–water partition coefficient (Wildman–Crippen LogP) is -3.59. The maximum absolute atomic E-state index is 12.2. The monoisotopic (exact) mass is 467 g/mol. The maximum atomic E-state index is 12.2. The van der Waals surface area contributed by atoms with Crippen LogP contribution in [0, 0.1) is 6.92 Å². The normalized spacial score (nSPS) is 15.1. The average Bonchev–Trinajstić information content (AvgIpc) is 2.70. The highest BCUT2D eigenvalue weighted by Gasteiger charge is 2.28. The minimum absolute atomic E-state index is 0.156. The average molecular weight is 467 g/mol. The van der Waals surface area contributed by atoms with Crippen LogP contribution in [0.1, 0.15) is 15.9 Å². The quantitative estimate of drug-likeness (QED) is 0.165. The van der Waals surface area contributed by atoms with Crippen LogP contribution in [0.3, 0.4) is 0 Å². The first kappa shape index (κ1) is 23.8. The number of phosphoric acid groups is 1. The van der Waals surface area contributed by atoms with Crippen molar-refractivity contribution < 1.29 is 44.1 Å². The first-order valence-electron chi connectivity index (χ1n) is 8.97. The number of carbonyl (C=O) groups excluding carboxylic acids is 1. The van der Waals surface area contributed by atoms with Crippen LogP contribution in [0.4, 0.5) is 0 Å². The van der Waals surface area contributed by atoms with Gasteiger partial charge in [-0.05, 0) is 24.6 Å². The number of rotatable bonds is 8. The molecule has 2 aliphatic heterocycles. The molecule has 3 rings (SSSR count). The molecule has 0 fully saturated rings. The highest BCUT2D eigenvalue weighted by Crippen LogP contribution is 2.27. The van der Waals surface area contributed by atoms with E-state index in [-0.39, 0.29) is 28.1 Å². The van der Waals surface area contributed by atoms with Gasteiger partial charge in [0.25, 0.3) is 5.56 Å². The van der Waals surface area contributed by atoms with Crippen molar-refractivity contribution in [2.75, 3.05) is 6.61 Å². The number of carbonyl (C=O) groups is 1. The lowest BCUT2D eigenvalue weighted by Crippen LogP contribution is -2.43. The van der Waals surface area contributed by atoms with Gasteiger partial charge in [-0.15, -0.1) is 0 Å². The van der Waals surface area contributed by atoms with E-state index in [4.69, 9.17) is 0 Å². The fourth-order valence-corrected chi connectivity index (χ4v) is 3.39. The van der Waals surface area contributed by atoms with E-state index in [0.29, 0.717) is 11.8 Å². The van der Waals surface area contributed by atoms with E-state index in [1.54, 1.807) is 6.92 Å². The lowest BCUT2D eigenvalue weighted by Gasteiger charge is -2.31. The molecule has 2 heterocycles. The molecule has 14 nitrogen and oxygen atoms in total. The summed E-state index contributed by atoms with van der Waals surface area (Å²) in [6, 6.07) is 1.71. The lowest BCUT2D eigenvalue weighted by atomic mass is 10.1. The van der Waals surface area contributed by atoms with E-state index < -0.39 is 50.9 Å². The zero-order chi connectivity index (χ0) is 23.8. The van der Waals surface area contributed by atoms with Gasteiger partial charge in [0.15, 0.2) is 11.5 Å². The Hall–Kier alpha value is -2.84. The van der Waals surface area contributed by atoms with Crippen molar-refractivity contribution in [1.29, 1.82) is 0 Å². The summed E-state index contributed by atoms with van der Waals surface area (Å²) in [5.41, 5.74) is -0.214. The number of phosphoric ester groups is 1. The number of nitrogens with zero attached hydrogens (tertiary/aromatic N) is 4. The maximum Gasteiger partial charge on any atom is 0.300 e. The molecule has 3 atom stereocenters. The summed E-state index contributed by atoms with van der Waals surface area (Å²) in [6.07, 6.45) is -5.26. The van der Waals surface area contributed by atoms with Gasteiger partial charge >= 0.3 is 0 Å². The molecule has 32 heavy (non-hydrogen) atoms. The fraction of sp³-hybridized carbons (Fsp3) is 0.353. The molecule has 2 aliphatic rings. The van der Waals surface area contributed by atoms with Gasteiger partial charge in [0.1, 0.15) is 24.6 Å². The number of benzene rings is 1. The van der Waals surface area contributed by atoms with Gasteiger partial charge in [0.2, 0.25) is 0 Å². The zero-order valence-electron chi connectivity index (χ0n) is 16.3. The lowest BCUT2D eigenvalue weighted by molar-refractivity contribution is -0.343. The molecule has 1 aromatic carbocycles. The first-order chi connectivity index (χ1) is 14.9. The van der Waals surface area contributed by atoms with Crippen molar-refractivity contribution >= 4 is 25.1 Å². The highest BCUT2D eigenvalue weighted by molar-refractivity contribution is 7.43. The van der Waals surface area contributed by atoms with Crippen LogP contribution < -0.4 is 20.5 Å². The van der Waals surface area contributed by atoms with Crippen molar-refractivity contribution in [3.63, 3.8) is 0 Å². The Balaban J connectivity index is 2.09. The summed E-state index contributed by atoms with van der Waals surface area (Å²) in [5, 5.41) is 42.1. The van der Waals surface area contributed by atoms with E-state index in [2.05, 4.69) is 19.5 Å². The molecule has 0 bridgehead atoms. The zero-order valence-corrected chi connectivity index (χ0v) is 17.2. The molecule has 0 aromatic heterocycles. The minimum Gasteiger partial charge on any atom is -0.844 e. The molecule has 0 saturated heterocycles. The van der Waals surface area contributed by atoms with E-state index in [0.717, 1.165) is 4.57 Å². The highest BCUT2D eigenvalue weighted by atomic mass is 31.2. The van der Waals surface area contributed by atoms with Crippen LogP contribution in [-0.2, 0) is 15.6 Å². The fourth-order valence-electron chi connectivity index (χ4n) is 3.06. The van der Waals surface area contributed by atoms with Gasteiger partial charge in [0.05, 0.1) is 38.0 Å². The Morgan fingerprint density at radius 3 is 2.50 bits per heavy atom. The van der Waals surface area contributed by atoms with E-state index >= 15 is 0 Å². The number of fused-ring (bicyclic) bond motifs is 2. The molecule has 0 saturated carbocycles. The molecule has 172 valence electrons. The molecule has 15 heteroatoms. The van der Waals surface area contributed by atoms with Crippen LogP contribution in [0.25, 0.3) is 22.6 Å².